The molecule has 34 heavy (non-hydrogen) atoms. The number of aromatic nitrogens is 1. The van der Waals surface area contributed by atoms with Gasteiger partial charge >= 0.3 is 5.97 Å². The number of ether oxygens (including phenoxy) is 1. The molecule has 0 fully saturated rings. The molecule has 184 valence electrons. The molecule has 0 bridgehead atoms. The molecule has 1 unspecified atom stereocenters. The quantitative estimate of drug-likeness (QED) is 0.240. The molecule has 6 nitrogen and oxygen atoms in total. The summed E-state index contributed by atoms with van der Waals surface area (Å²) in [5.74, 6) is -0.725. The van der Waals surface area contributed by atoms with Crippen molar-refractivity contribution in [3.8, 4) is 0 Å². The predicted molar refractivity (Wildman–Crippen MR) is 138 cm³/mol. The normalized spacial score (nSPS) is 12.5. The van der Waals surface area contributed by atoms with Gasteiger partial charge in [-0.3, -0.25) is 4.79 Å². The number of esters is 1. The standard InChI is InChI=1S/C26H33Cl2N3O3/c1-9-34-26(33)21-12-13-31(16(2)3)24(21)23(20-11-10-19(27)14-17(20)4)30(8)18(5)15-22(28)25(32)29(6)7/h10-16,23H,5,9H2,1-4,6-8H3/b22-15+. The minimum Gasteiger partial charge on any atom is -0.462 e. The largest absolute Gasteiger partial charge is 0.462 e. The molecule has 0 aliphatic carbocycles. The second kappa shape index (κ2) is 11.6. The molecular weight excluding hydrogens is 473 g/mol. The number of halogens is 2. The SMILES string of the molecule is C=C(/C=C(/Cl)C(=O)N(C)C)N(C)C(c1ccc(Cl)cc1C)c1c(C(=O)OCC)ccn1C(C)C. The number of amides is 1. The average molecular weight is 506 g/mol. The van der Waals surface area contributed by atoms with E-state index >= 15 is 0 Å². The molecule has 0 spiro atoms. The lowest BCUT2D eigenvalue weighted by atomic mass is 9.94. The van der Waals surface area contributed by atoms with Gasteiger partial charge in [0.1, 0.15) is 5.03 Å². The van der Waals surface area contributed by atoms with Crippen molar-refractivity contribution < 1.29 is 14.3 Å². The lowest BCUT2D eigenvalue weighted by Gasteiger charge is -2.34. The smallest absolute Gasteiger partial charge is 0.340 e. The van der Waals surface area contributed by atoms with Gasteiger partial charge in [0.05, 0.1) is 23.9 Å². The number of carbonyl (C=O) groups excluding carboxylic acids is 2. The molecule has 0 N–H and O–H groups in total. The molecule has 0 aliphatic heterocycles. The Balaban J connectivity index is 2.76. The van der Waals surface area contributed by atoms with Crippen molar-refractivity contribution in [2.75, 3.05) is 27.7 Å². The number of hydrogen-bond donors (Lipinski definition) is 0. The fourth-order valence-corrected chi connectivity index (χ4v) is 4.28. The zero-order valence-electron chi connectivity index (χ0n) is 20.9. The van der Waals surface area contributed by atoms with Gasteiger partial charge in [-0.25, -0.2) is 4.79 Å². The molecule has 8 heteroatoms. The Labute approximate surface area is 212 Å². The van der Waals surface area contributed by atoms with Crippen LogP contribution in [0.2, 0.25) is 5.02 Å². The van der Waals surface area contributed by atoms with Crippen LogP contribution in [0.15, 0.2) is 53.8 Å². The van der Waals surface area contributed by atoms with Gasteiger partial charge in [-0.2, -0.15) is 0 Å². The molecule has 1 aromatic carbocycles. The topological polar surface area (TPSA) is 54.8 Å². The molecular formula is C26H33Cl2N3O3. The van der Waals surface area contributed by atoms with Gasteiger partial charge in [-0.1, -0.05) is 35.8 Å². The van der Waals surface area contributed by atoms with E-state index in [2.05, 4.69) is 6.58 Å². The summed E-state index contributed by atoms with van der Waals surface area (Å²) in [7, 11) is 5.12. The molecule has 1 atom stereocenters. The van der Waals surface area contributed by atoms with Crippen LogP contribution in [0.5, 0.6) is 0 Å². The predicted octanol–water partition coefficient (Wildman–Crippen LogP) is 5.95. The molecule has 0 aliphatic rings. The summed E-state index contributed by atoms with van der Waals surface area (Å²) in [6, 6.07) is 7.06. The van der Waals surface area contributed by atoms with E-state index in [1.165, 1.54) is 11.0 Å². The average Bonchev–Trinajstić information content (AvgIpc) is 3.19. The highest BCUT2D eigenvalue weighted by molar-refractivity contribution is 6.42. The van der Waals surface area contributed by atoms with Crippen LogP contribution in [-0.2, 0) is 9.53 Å². The summed E-state index contributed by atoms with van der Waals surface area (Å²) in [6.45, 7) is 12.3. The Bertz CT molecular complexity index is 1100. The van der Waals surface area contributed by atoms with E-state index in [4.69, 9.17) is 27.9 Å². The number of allylic oxidation sites excluding steroid dienone is 1. The number of benzene rings is 1. The van der Waals surface area contributed by atoms with E-state index in [0.717, 1.165) is 16.8 Å². The van der Waals surface area contributed by atoms with Crippen molar-refractivity contribution >= 4 is 35.1 Å². The first-order chi connectivity index (χ1) is 15.9. The summed E-state index contributed by atoms with van der Waals surface area (Å²) in [5, 5.41) is 0.657. The number of carbonyl (C=O) groups is 2. The molecule has 0 saturated heterocycles. The lowest BCUT2D eigenvalue weighted by Crippen LogP contribution is -2.29. The minimum absolute atomic E-state index is 0.0401. The van der Waals surface area contributed by atoms with E-state index in [1.54, 1.807) is 27.1 Å². The fraction of sp³-hybridized carbons (Fsp3) is 0.385. The maximum atomic E-state index is 12.9. The summed E-state index contributed by atoms with van der Waals surface area (Å²) in [5.41, 5.74) is 3.61. The van der Waals surface area contributed by atoms with Crippen molar-refractivity contribution in [1.29, 1.82) is 0 Å². The number of likely N-dealkylation sites (N-methyl/N-ethyl adjacent to an activating group) is 2. The van der Waals surface area contributed by atoms with Crippen molar-refractivity contribution in [2.24, 2.45) is 0 Å². The van der Waals surface area contributed by atoms with E-state index in [9.17, 15) is 9.59 Å². The Morgan fingerprint density at radius 3 is 2.38 bits per heavy atom. The lowest BCUT2D eigenvalue weighted by molar-refractivity contribution is -0.124. The van der Waals surface area contributed by atoms with Crippen LogP contribution >= 0.6 is 23.2 Å². The summed E-state index contributed by atoms with van der Waals surface area (Å²) >= 11 is 12.5. The Morgan fingerprint density at radius 2 is 1.85 bits per heavy atom. The third-order valence-corrected chi connectivity index (χ3v) is 6.04. The third kappa shape index (κ3) is 6.05. The van der Waals surface area contributed by atoms with Crippen LogP contribution in [0, 0.1) is 6.92 Å². The molecule has 1 heterocycles. The Morgan fingerprint density at radius 1 is 1.21 bits per heavy atom. The number of hydrogen-bond acceptors (Lipinski definition) is 4. The first kappa shape index (κ1) is 27.5. The molecule has 0 radical (unpaired) electrons. The van der Waals surface area contributed by atoms with Crippen LogP contribution in [0.25, 0.3) is 0 Å². The molecule has 0 saturated carbocycles. The van der Waals surface area contributed by atoms with Gasteiger partial charge in [0.2, 0.25) is 0 Å². The van der Waals surface area contributed by atoms with Gasteiger partial charge in [0.15, 0.2) is 0 Å². The first-order valence-corrected chi connectivity index (χ1v) is 11.8. The second-order valence-electron chi connectivity index (χ2n) is 8.53. The van der Waals surface area contributed by atoms with E-state index in [-0.39, 0.29) is 23.6 Å². The van der Waals surface area contributed by atoms with Crippen LogP contribution in [-0.4, -0.2) is 54.0 Å². The minimum atomic E-state index is -0.434. The summed E-state index contributed by atoms with van der Waals surface area (Å²) < 4.78 is 7.41. The summed E-state index contributed by atoms with van der Waals surface area (Å²) in [4.78, 5) is 28.5. The van der Waals surface area contributed by atoms with Gasteiger partial charge < -0.3 is 19.1 Å². The highest BCUT2D eigenvalue weighted by Gasteiger charge is 2.31. The van der Waals surface area contributed by atoms with E-state index in [0.29, 0.717) is 16.3 Å². The number of nitrogens with zero attached hydrogens (tertiary/aromatic N) is 3. The van der Waals surface area contributed by atoms with Crippen molar-refractivity contribution in [3.05, 3.63) is 81.3 Å². The highest BCUT2D eigenvalue weighted by atomic mass is 35.5. The van der Waals surface area contributed by atoms with E-state index < -0.39 is 12.0 Å². The monoisotopic (exact) mass is 505 g/mol. The molecule has 2 rings (SSSR count). The van der Waals surface area contributed by atoms with Gasteiger partial charge in [0, 0.05) is 44.1 Å². The molecule has 1 aromatic heterocycles. The van der Waals surface area contributed by atoms with E-state index in [1.807, 2.05) is 61.7 Å². The van der Waals surface area contributed by atoms with Gasteiger partial charge in [-0.15, -0.1) is 0 Å². The van der Waals surface area contributed by atoms with Gasteiger partial charge in [-0.05, 0) is 63.1 Å². The van der Waals surface area contributed by atoms with Crippen LogP contribution in [0.3, 0.4) is 0 Å². The zero-order valence-corrected chi connectivity index (χ0v) is 22.4. The summed E-state index contributed by atoms with van der Waals surface area (Å²) in [6.07, 6.45) is 3.42. The van der Waals surface area contributed by atoms with Crippen LogP contribution in [0.1, 0.15) is 60.0 Å². The zero-order chi connectivity index (χ0) is 25.7. The third-order valence-electron chi connectivity index (χ3n) is 5.54. The second-order valence-corrected chi connectivity index (χ2v) is 9.38. The number of aryl methyl sites for hydroxylation is 1. The van der Waals surface area contributed by atoms with Gasteiger partial charge in [0.25, 0.3) is 5.91 Å². The highest BCUT2D eigenvalue weighted by Crippen LogP contribution is 2.37. The Hall–Kier alpha value is -2.70. The maximum Gasteiger partial charge on any atom is 0.340 e. The van der Waals surface area contributed by atoms with Crippen molar-refractivity contribution in [2.45, 2.75) is 39.8 Å². The molecule has 1 amide bonds. The maximum absolute atomic E-state index is 12.9. The number of rotatable bonds is 9. The van der Waals surface area contributed by atoms with Crippen LogP contribution in [0.4, 0.5) is 0 Å². The van der Waals surface area contributed by atoms with Crippen molar-refractivity contribution in [3.63, 3.8) is 0 Å². The Kier molecular flexibility index (Phi) is 9.42. The molecule has 2 aromatic rings. The van der Waals surface area contributed by atoms with Crippen LogP contribution < -0.4 is 0 Å². The fourth-order valence-electron chi connectivity index (χ4n) is 3.75. The van der Waals surface area contributed by atoms with Crippen molar-refractivity contribution in [1.82, 2.24) is 14.4 Å². The first-order valence-electron chi connectivity index (χ1n) is 11.0.